The molecular weight excluding hydrogens is 288 g/mol. The predicted molar refractivity (Wildman–Crippen MR) is 72.1 cm³/mol. The smallest absolute Gasteiger partial charge is 0.209 e. The first-order valence-corrected chi connectivity index (χ1v) is 7.23. The Morgan fingerprint density at radius 1 is 1.42 bits per heavy atom. The normalized spacial score (nSPS) is 11.2. The van der Waals surface area contributed by atoms with Gasteiger partial charge >= 0.3 is 0 Å². The minimum absolute atomic E-state index is 0.00501. The molecule has 2 aromatic rings. The summed E-state index contributed by atoms with van der Waals surface area (Å²) in [5.74, 6) is 0.633. The first kappa shape index (κ1) is 14.3. The lowest BCUT2D eigenvalue weighted by molar-refractivity contribution is 0.262. The van der Waals surface area contributed by atoms with Gasteiger partial charge in [-0.1, -0.05) is 30.3 Å². The van der Waals surface area contributed by atoms with Crippen LogP contribution < -0.4 is 0 Å². The Morgan fingerprint density at radius 2 is 2.21 bits per heavy atom. The van der Waals surface area contributed by atoms with Crippen LogP contribution in [0, 0.1) is 0 Å². The third-order valence-corrected chi connectivity index (χ3v) is 4.06. The predicted octanol–water partition coefficient (Wildman–Crippen LogP) is 0.907. The van der Waals surface area contributed by atoms with Crippen molar-refractivity contribution in [3.05, 3.63) is 16.4 Å². The highest BCUT2D eigenvalue weighted by atomic mass is 35.5. The van der Waals surface area contributed by atoms with E-state index in [1.807, 2.05) is 14.0 Å². The summed E-state index contributed by atoms with van der Waals surface area (Å²) >= 11 is 7.75. The van der Waals surface area contributed by atoms with E-state index in [1.54, 1.807) is 9.36 Å². The molecule has 104 valence electrons. The second kappa shape index (κ2) is 6.36. The molecule has 0 aliphatic carbocycles. The molecule has 2 aromatic heterocycles. The monoisotopic (exact) mass is 302 g/mol. The van der Waals surface area contributed by atoms with Crippen molar-refractivity contribution in [1.29, 1.82) is 0 Å². The van der Waals surface area contributed by atoms with Gasteiger partial charge in [0.2, 0.25) is 5.16 Å². The number of aromatic nitrogens is 6. The molecule has 1 N–H and O–H groups in total. The Labute approximate surface area is 119 Å². The van der Waals surface area contributed by atoms with Crippen molar-refractivity contribution in [2.24, 2.45) is 7.05 Å². The van der Waals surface area contributed by atoms with Crippen molar-refractivity contribution < 1.29 is 5.11 Å². The largest absolute Gasteiger partial charge is 0.394 e. The van der Waals surface area contributed by atoms with Crippen LogP contribution in [-0.2, 0) is 25.8 Å². The van der Waals surface area contributed by atoms with E-state index in [-0.39, 0.29) is 6.61 Å². The lowest BCUT2D eigenvalue weighted by atomic mass is 10.3. The van der Waals surface area contributed by atoms with Crippen LogP contribution in [0.15, 0.2) is 5.16 Å². The summed E-state index contributed by atoms with van der Waals surface area (Å²) in [7, 11) is 1.87. The van der Waals surface area contributed by atoms with Crippen molar-refractivity contribution in [3.8, 4) is 0 Å². The number of aryl methyl sites for hydroxylation is 2. The van der Waals surface area contributed by atoms with Crippen molar-refractivity contribution in [1.82, 2.24) is 30.0 Å². The summed E-state index contributed by atoms with van der Waals surface area (Å²) in [4.78, 5) is 0. The fraction of sp³-hybridized carbons (Fsp3) is 0.600. The summed E-state index contributed by atoms with van der Waals surface area (Å²) in [6.45, 7) is 2.41. The molecule has 0 saturated heterocycles. The molecule has 0 spiro atoms. The van der Waals surface area contributed by atoms with Gasteiger partial charge in [-0.05, 0) is 16.8 Å². The summed E-state index contributed by atoms with van der Waals surface area (Å²) in [6, 6.07) is 0. The number of aliphatic hydroxyl groups excluding tert-OH is 1. The first-order valence-electron chi connectivity index (χ1n) is 5.87. The van der Waals surface area contributed by atoms with Gasteiger partial charge in [-0.25, -0.2) is 4.68 Å². The quantitative estimate of drug-likeness (QED) is 0.799. The zero-order valence-corrected chi connectivity index (χ0v) is 12.3. The van der Waals surface area contributed by atoms with Gasteiger partial charge in [0.1, 0.15) is 0 Å². The van der Waals surface area contributed by atoms with Crippen LogP contribution in [0.1, 0.15) is 18.3 Å². The van der Waals surface area contributed by atoms with Crippen molar-refractivity contribution in [2.45, 2.75) is 30.8 Å². The fourth-order valence-electron chi connectivity index (χ4n) is 1.64. The Balaban J connectivity index is 2.10. The van der Waals surface area contributed by atoms with Crippen LogP contribution in [0.25, 0.3) is 0 Å². The van der Waals surface area contributed by atoms with Gasteiger partial charge in [-0.15, -0.1) is 5.10 Å². The van der Waals surface area contributed by atoms with Gasteiger partial charge in [-0.2, -0.15) is 5.10 Å². The number of tetrazole rings is 1. The molecule has 0 aliphatic rings. The maximum absolute atomic E-state index is 8.91. The van der Waals surface area contributed by atoms with E-state index in [0.717, 1.165) is 17.8 Å². The molecule has 0 radical (unpaired) electrons. The number of rotatable bonds is 6. The number of nitrogens with zero attached hydrogens (tertiary/aromatic N) is 6. The fourth-order valence-corrected chi connectivity index (χ4v) is 3.05. The molecule has 19 heavy (non-hydrogen) atoms. The minimum Gasteiger partial charge on any atom is -0.394 e. The molecule has 0 bridgehead atoms. The number of hydrogen-bond donors (Lipinski definition) is 1. The summed E-state index contributed by atoms with van der Waals surface area (Å²) in [5.41, 5.74) is 1.84. The standard InChI is InChI=1S/C10H15ClN6OS/c1-3-7-9(11)8(16(2)13-7)6-19-10-12-14-15-17(10)4-5-18/h18H,3-6H2,1-2H3. The van der Waals surface area contributed by atoms with E-state index in [0.29, 0.717) is 22.5 Å². The van der Waals surface area contributed by atoms with E-state index in [1.165, 1.54) is 11.8 Å². The zero-order chi connectivity index (χ0) is 13.8. The number of aliphatic hydroxyl groups is 1. The van der Waals surface area contributed by atoms with Crippen LogP contribution >= 0.6 is 23.4 Å². The van der Waals surface area contributed by atoms with Crippen molar-refractivity contribution in [3.63, 3.8) is 0 Å². The summed E-state index contributed by atoms with van der Waals surface area (Å²) < 4.78 is 3.35. The van der Waals surface area contributed by atoms with Gasteiger partial charge in [-0.3, -0.25) is 4.68 Å². The lowest BCUT2D eigenvalue weighted by Crippen LogP contribution is -2.06. The van der Waals surface area contributed by atoms with E-state index in [9.17, 15) is 0 Å². The maximum Gasteiger partial charge on any atom is 0.209 e. The summed E-state index contributed by atoms with van der Waals surface area (Å²) in [5, 5.41) is 26.0. The molecule has 0 amide bonds. The second-order valence-corrected chi connectivity index (χ2v) is 5.20. The molecule has 0 saturated carbocycles. The number of halogens is 1. The van der Waals surface area contributed by atoms with E-state index >= 15 is 0 Å². The molecule has 0 unspecified atom stereocenters. The third-order valence-electron chi connectivity index (χ3n) is 2.65. The molecule has 0 aromatic carbocycles. The number of hydrogen-bond acceptors (Lipinski definition) is 6. The maximum atomic E-state index is 8.91. The minimum atomic E-state index is 0.00501. The highest BCUT2D eigenvalue weighted by Crippen LogP contribution is 2.27. The molecule has 7 nitrogen and oxygen atoms in total. The first-order chi connectivity index (χ1) is 9.17. The Hall–Kier alpha value is -1.12. The van der Waals surface area contributed by atoms with Gasteiger partial charge in [0.25, 0.3) is 0 Å². The lowest BCUT2D eigenvalue weighted by Gasteiger charge is -2.03. The molecule has 9 heteroatoms. The molecule has 2 heterocycles. The van der Waals surface area contributed by atoms with Crippen LogP contribution in [0.5, 0.6) is 0 Å². The molecule has 0 fully saturated rings. The highest BCUT2D eigenvalue weighted by Gasteiger charge is 2.15. The third kappa shape index (κ3) is 3.07. The van der Waals surface area contributed by atoms with Gasteiger partial charge in [0, 0.05) is 12.8 Å². The SMILES string of the molecule is CCc1nn(C)c(CSc2nnnn2CCO)c1Cl. The molecule has 0 aliphatic heterocycles. The highest BCUT2D eigenvalue weighted by molar-refractivity contribution is 7.98. The van der Waals surface area contributed by atoms with Gasteiger partial charge in [0.05, 0.1) is 29.6 Å². The van der Waals surface area contributed by atoms with Crippen LogP contribution in [-0.4, -0.2) is 41.7 Å². The molecule has 2 rings (SSSR count). The van der Waals surface area contributed by atoms with Crippen LogP contribution in [0.4, 0.5) is 0 Å². The van der Waals surface area contributed by atoms with Gasteiger partial charge < -0.3 is 5.11 Å². The van der Waals surface area contributed by atoms with Crippen LogP contribution in [0.2, 0.25) is 5.02 Å². The van der Waals surface area contributed by atoms with E-state index in [4.69, 9.17) is 16.7 Å². The average Bonchev–Trinajstić information content (AvgIpc) is 2.93. The number of thioether (sulfide) groups is 1. The van der Waals surface area contributed by atoms with Crippen molar-refractivity contribution in [2.75, 3.05) is 6.61 Å². The van der Waals surface area contributed by atoms with Gasteiger partial charge in [0.15, 0.2) is 0 Å². The van der Waals surface area contributed by atoms with E-state index in [2.05, 4.69) is 20.6 Å². The topological polar surface area (TPSA) is 81.7 Å². The Kier molecular flexibility index (Phi) is 4.78. The van der Waals surface area contributed by atoms with Crippen LogP contribution in [0.3, 0.4) is 0 Å². The Morgan fingerprint density at radius 3 is 2.84 bits per heavy atom. The zero-order valence-electron chi connectivity index (χ0n) is 10.7. The van der Waals surface area contributed by atoms with Crippen molar-refractivity contribution >= 4 is 23.4 Å². The molecular formula is C10H15ClN6OS. The average molecular weight is 303 g/mol. The Bertz CT molecular complexity index is 554. The molecule has 0 atom stereocenters. The van der Waals surface area contributed by atoms with E-state index < -0.39 is 0 Å². The second-order valence-electron chi connectivity index (χ2n) is 3.88. The summed E-state index contributed by atoms with van der Waals surface area (Å²) in [6.07, 6.45) is 0.805.